The van der Waals surface area contributed by atoms with Crippen molar-refractivity contribution in [3.8, 4) is 0 Å². The van der Waals surface area contributed by atoms with Crippen molar-refractivity contribution in [3.63, 3.8) is 0 Å². The lowest BCUT2D eigenvalue weighted by atomic mass is 10.4. The molecule has 0 unspecified atom stereocenters. The quantitative estimate of drug-likeness (QED) is 0.465. The number of hydrogen-bond acceptors (Lipinski definition) is 2. The molecule has 2 nitrogen and oxygen atoms in total. The molecule has 0 amide bonds. The second-order valence-corrected chi connectivity index (χ2v) is 1.33. The highest BCUT2D eigenvalue weighted by Crippen LogP contribution is 2.09. The van der Waals surface area contributed by atoms with Crippen LogP contribution in [0.2, 0.25) is 0 Å². The molecule has 1 rings (SSSR count). The Morgan fingerprint density at radius 2 is 2.00 bits per heavy atom. The van der Waals surface area contributed by atoms with E-state index in [1.807, 2.05) is 6.92 Å². The molecule has 0 spiro atoms. The molecule has 0 atom stereocenters. The Morgan fingerprint density at radius 1 is 1.43 bits per heavy atom. The molecule has 37 valence electrons. The Bertz CT molecular complexity index is 92.6. The van der Waals surface area contributed by atoms with Gasteiger partial charge in [0.25, 0.3) is 0 Å². The fourth-order valence-electron chi connectivity index (χ4n) is 0.455. The minimum absolute atomic E-state index is 0.931. The maximum absolute atomic E-state index is 3.92. The Hall–Kier alpha value is -0.660. The maximum Gasteiger partial charge on any atom is 0.194 e. The molecule has 7 heavy (non-hydrogen) atoms. The Morgan fingerprint density at radius 3 is 2.29 bits per heavy atom. The second kappa shape index (κ2) is 1.87. The molecule has 0 saturated heterocycles. The van der Waals surface area contributed by atoms with Crippen molar-refractivity contribution in [1.29, 1.82) is 0 Å². The van der Waals surface area contributed by atoms with Gasteiger partial charge in [-0.3, -0.25) is 9.98 Å². The summed E-state index contributed by atoms with van der Waals surface area (Å²) in [6.07, 6.45) is 5.28. The van der Waals surface area contributed by atoms with Crippen molar-refractivity contribution in [3.05, 3.63) is 6.17 Å². The van der Waals surface area contributed by atoms with Crippen molar-refractivity contribution in [2.24, 2.45) is 9.98 Å². The van der Waals surface area contributed by atoms with Crippen LogP contribution < -0.4 is 0 Å². The van der Waals surface area contributed by atoms with E-state index in [0.29, 0.717) is 0 Å². The third kappa shape index (κ3) is 0.856. The normalized spacial score (nSPS) is 19.0. The minimum atomic E-state index is 0.931. The standard InChI is InChI=1S/C5H7N2/c1-2-5-6-3-4-7-5/h3-4H,2H2,1H3. The molecule has 1 aliphatic heterocycles. The van der Waals surface area contributed by atoms with Crippen LogP contribution in [0.25, 0.3) is 0 Å². The van der Waals surface area contributed by atoms with E-state index < -0.39 is 0 Å². The van der Waals surface area contributed by atoms with Crippen LogP contribution in [0.1, 0.15) is 13.3 Å². The highest BCUT2D eigenvalue weighted by molar-refractivity contribution is 6.18. The number of nitrogens with zero attached hydrogens (tertiary/aromatic N) is 2. The molecule has 0 aliphatic carbocycles. The van der Waals surface area contributed by atoms with E-state index in [1.165, 1.54) is 0 Å². The van der Waals surface area contributed by atoms with Crippen molar-refractivity contribution in [1.82, 2.24) is 0 Å². The van der Waals surface area contributed by atoms with E-state index >= 15 is 0 Å². The molecular formula is C5H7N2. The van der Waals surface area contributed by atoms with Gasteiger partial charge in [0.05, 0.1) is 0 Å². The van der Waals surface area contributed by atoms with Crippen LogP contribution in [0.15, 0.2) is 9.98 Å². The summed E-state index contributed by atoms with van der Waals surface area (Å²) in [7, 11) is 0. The molecular weight excluding hydrogens is 88.1 g/mol. The van der Waals surface area contributed by atoms with Gasteiger partial charge in [0.1, 0.15) is 0 Å². The van der Waals surface area contributed by atoms with E-state index in [9.17, 15) is 0 Å². The predicted molar refractivity (Wildman–Crippen MR) is 30.5 cm³/mol. The molecule has 0 bridgehead atoms. The average Bonchev–Trinajstić information content (AvgIpc) is 2.14. The zero-order valence-electron chi connectivity index (χ0n) is 4.26. The van der Waals surface area contributed by atoms with Gasteiger partial charge in [-0.25, -0.2) is 0 Å². The van der Waals surface area contributed by atoms with Crippen molar-refractivity contribution in [2.75, 3.05) is 0 Å². The zero-order chi connectivity index (χ0) is 5.11. The maximum atomic E-state index is 3.92. The van der Waals surface area contributed by atoms with Crippen LogP contribution in [0.3, 0.4) is 0 Å². The zero-order valence-corrected chi connectivity index (χ0v) is 4.26. The Labute approximate surface area is 43.0 Å². The van der Waals surface area contributed by atoms with Crippen LogP contribution >= 0.6 is 0 Å². The van der Waals surface area contributed by atoms with Gasteiger partial charge in [-0.1, -0.05) is 6.92 Å². The third-order valence-electron chi connectivity index (χ3n) is 0.830. The first-order chi connectivity index (χ1) is 3.43. The minimum Gasteiger partial charge on any atom is -0.257 e. The van der Waals surface area contributed by atoms with E-state index in [-0.39, 0.29) is 0 Å². The van der Waals surface area contributed by atoms with E-state index in [0.717, 1.165) is 12.6 Å². The molecule has 0 saturated carbocycles. The number of rotatable bonds is 1. The first-order valence-corrected chi connectivity index (χ1v) is 2.36. The van der Waals surface area contributed by atoms with E-state index in [4.69, 9.17) is 0 Å². The Kier molecular flexibility index (Phi) is 1.20. The lowest BCUT2D eigenvalue weighted by Crippen LogP contribution is -1.77. The van der Waals surface area contributed by atoms with Crippen molar-refractivity contribution >= 4 is 12.4 Å². The lowest BCUT2D eigenvalue weighted by Gasteiger charge is -1.90. The molecule has 0 fully saturated rings. The topological polar surface area (TPSA) is 24.7 Å². The smallest absolute Gasteiger partial charge is 0.194 e. The molecule has 1 heterocycles. The summed E-state index contributed by atoms with van der Waals surface area (Å²) in [4.78, 5) is 7.85. The van der Waals surface area contributed by atoms with Gasteiger partial charge in [0.2, 0.25) is 0 Å². The molecule has 1 aliphatic rings. The third-order valence-corrected chi connectivity index (χ3v) is 0.830. The SMILES string of the molecule is CC[C]1N=CC=N1. The van der Waals surface area contributed by atoms with Crippen molar-refractivity contribution in [2.45, 2.75) is 13.3 Å². The lowest BCUT2D eigenvalue weighted by molar-refractivity contribution is 0.878. The molecule has 1 radical (unpaired) electrons. The van der Waals surface area contributed by atoms with Gasteiger partial charge in [0.15, 0.2) is 6.17 Å². The van der Waals surface area contributed by atoms with Gasteiger partial charge < -0.3 is 0 Å². The van der Waals surface area contributed by atoms with Crippen LogP contribution in [-0.2, 0) is 0 Å². The molecule has 2 heteroatoms. The molecule has 0 aromatic rings. The fraction of sp³-hybridized carbons (Fsp3) is 0.400. The molecule has 0 aromatic heterocycles. The van der Waals surface area contributed by atoms with Gasteiger partial charge in [-0.05, 0) is 6.42 Å². The summed E-state index contributed by atoms with van der Waals surface area (Å²) < 4.78 is 0. The Balaban J connectivity index is 2.44. The average molecular weight is 95.1 g/mol. The molecule has 0 aromatic carbocycles. The summed E-state index contributed by atoms with van der Waals surface area (Å²) in [5.41, 5.74) is 0. The predicted octanol–water partition coefficient (Wildman–Crippen LogP) is 1.04. The second-order valence-electron chi connectivity index (χ2n) is 1.33. The monoisotopic (exact) mass is 95.1 g/mol. The largest absolute Gasteiger partial charge is 0.257 e. The summed E-state index contributed by atoms with van der Waals surface area (Å²) in [5, 5.41) is 0. The summed E-state index contributed by atoms with van der Waals surface area (Å²) >= 11 is 0. The summed E-state index contributed by atoms with van der Waals surface area (Å²) in [6, 6.07) is 0. The number of aliphatic imine (C=N–C) groups is 2. The van der Waals surface area contributed by atoms with Crippen LogP contribution in [0, 0.1) is 6.17 Å². The summed E-state index contributed by atoms with van der Waals surface area (Å²) in [5.74, 6) is 0. The highest BCUT2D eigenvalue weighted by Gasteiger charge is 2.00. The van der Waals surface area contributed by atoms with Crippen molar-refractivity contribution < 1.29 is 0 Å². The van der Waals surface area contributed by atoms with Crippen LogP contribution in [0.5, 0.6) is 0 Å². The van der Waals surface area contributed by atoms with Crippen LogP contribution in [-0.4, -0.2) is 12.4 Å². The van der Waals surface area contributed by atoms with Gasteiger partial charge in [-0.15, -0.1) is 0 Å². The summed E-state index contributed by atoms with van der Waals surface area (Å²) in [6.45, 7) is 2.04. The number of hydrogen-bond donors (Lipinski definition) is 0. The molecule has 0 N–H and O–H groups in total. The van der Waals surface area contributed by atoms with Gasteiger partial charge >= 0.3 is 0 Å². The van der Waals surface area contributed by atoms with Gasteiger partial charge in [0, 0.05) is 12.4 Å². The van der Waals surface area contributed by atoms with Crippen LogP contribution in [0.4, 0.5) is 0 Å². The first-order valence-electron chi connectivity index (χ1n) is 2.36. The highest BCUT2D eigenvalue weighted by atomic mass is 15.0. The van der Waals surface area contributed by atoms with Gasteiger partial charge in [-0.2, -0.15) is 0 Å². The van der Waals surface area contributed by atoms with E-state index in [2.05, 4.69) is 9.98 Å². The first kappa shape index (κ1) is 4.50. The fourth-order valence-corrected chi connectivity index (χ4v) is 0.455. The van der Waals surface area contributed by atoms with E-state index in [1.54, 1.807) is 12.4 Å².